The second-order valence-corrected chi connectivity index (χ2v) is 3.81. The number of aryl methyl sites for hydroxylation is 1. The molecule has 0 aliphatic heterocycles. The lowest BCUT2D eigenvalue weighted by Gasteiger charge is -2.29. The van der Waals surface area contributed by atoms with Gasteiger partial charge in [-0.15, -0.1) is 0 Å². The van der Waals surface area contributed by atoms with Crippen LogP contribution >= 0.6 is 0 Å². The van der Waals surface area contributed by atoms with Crippen LogP contribution in [0.3, 0.4) is 0 Å². The third-order valence-electron chi connectivity index (χ3n) is 2.16. The molecule has 0 fully saturated rings. The molecule has 0 aliphatic carbocycles. The van der Waals surface area contributed by atoms with Gasteiger partial charge in [0.25, 0.3) is 0 Å². The van der Waals surface area contributed by atoms with E-state index in [0.717, 1.165) is 12.4 Å². The first-order valence-electron chi connectivity index (χ1n) is 4.96. The van der Waals surface area contributed by atoms with Crippen molar-refractivity contribution in [2.75, 3.05) is 0 Å². The normalized spacial score (nSPS) is 14.5. The molecule has 3 nitrogen and oxygen atoms in total. The number of hydrogen-bond donors (Lipinski definition) is 0. The first-order chi connectivity index (χ1) is 8.89. The highest BCUT2D eigenvalue weighted by Gasteiger charge is 2.73. The number of pyridine rings is 1. The monoisotopic (exact) mass is 304 g/mol. The van der Waals surface area contributed by atoms with Crippen molar-refractivity contribution < 1.29 is 40.5 Å². The summed E-state index contributed by atoms with van der Waals surface area (Å²) in [5, 5.41) is 13.4. The Balaban J connectivity index is 3.21. The second kappa shape index (κ2) is 4.91. The summed E-state index contributed by atoms with van der Waals surface area (Å²) in [5.41, 5.74) is 0.426. The van der Waals surface area contributed by atoms with Gasteiger partial charge in [0.2, 0.25) is 12.4 Å². The number of rotatable bonds is 3. The molecule has 1 aromatic heterocycles. The largest absolute Gasteiger partial charge is 0.853 e. The Morgan fingerprint density at radius 3 is 2.15 bits per heavy atom. The van der Waals surface area contributed by atoms with Crippen molar-refractivity contribution in [1.29, 1.82) is 0 Å². The molecule has 10 heteroatoms. The standard InChI is InChI=1S/C10H7F7N2O/c1-6-3-2-4-19(5-6)18-7(20)8(11,12)9(13,14)10(15,16)17/h2-5H,1H3. The summed E-state index contributed by atoms with van der Waals surface area (Å²) < 4.78 is 87.1. The summed E-state index contributed by atoms with van der Waals surface area (Å²) in [6.45, 7) is 1.47. The van der Waals surface area contributed by atoms with E-state index in [0.29, 0.717) is 10.2 Å². The van der Waals surface area contributed by atoms with Gasteiger partial charge >= 0.3 is 18.0 Å². The van der Waals surface area contributed by atoms with Crippen molar-refractivity contribution in [3.63, 3.8) is 0 Å². The van der Waals surface area contributed by atoms with E-state index in [1.807, 2.05) is 0 Å². The average Bonchev–Trinajstić information content (AvgIpc) is 2.27. The maximum atomic E-state index is 13.0. The van der Waals surface area contributed by atoms with Crippen LogP contribution in [0.1, 0.15) is 5.56 Å². The van der Waals surface area contributed by atoms with Gasteiger partial charge in [-0.05, 0) is 18.1 Å². The van der Waals surface area contributed by atoms with Gasteiger partial charge in [-0.3, -0.25) is 0 Å². The van der Waals surface area contributed by atoms with Crippen molar-refractivity contribution >= 4 is 5.90 Å². The minimum absolute atomic E-state index is 0.426. The number of hydrogen-bond acceptors (Lipinski definition) is 2. The SMILES string of the molecule is Cc1ccc[n+](/N=C(\[O-])C(F)(F)C(F)(F)C(F)(F)F)c1. The first kappa shape index (κ1) is 16.2. The van der Waals surface area contributed by atoms with Gasteiger partial charge in [0.05, 0.1) is 0 Å². The molecule has 0 saturated heterocycles. The summed E-state index contributed by atoms with van der Waals surface area (Å²) in [7, 11) is 0. The maximum Gasteiger partial charge on any atom is 0.460 e. The quantitative estimate of drug-likeness (QED) is 0.362. The van der Waals surface area contributed by atoms with Crippen molar-refractivity contribution in [1.82, 2.24) is 0 Å². The molecule has 0 saturated carbocycles. The Kier molecular flexibility index (Phi) is 3.97. The molecule has 1 heterocycles. The molecular weight excluding hydrogens is 297 g/mol. The molecule has 0 atom stereocenters. The molecule has 0 amide bonds. The lowest BCUT2D eigenvalue weighted by molar-refractivity contribution is -0.682. The van der Waals surface area contributed by atoms with Crippen LogP contribution in [0.15, 0.2) is 29.6 Å². The lowest BCUT2D eigenvalue weighted by atomic mass is 10.1. The molecule has 0 aliphatic rings. The van der Waals surface area contributed by atoms with Crippen LogP contribution in [0.25, 0.3) is 0 Å². The number of nitrogens with zero attached hydrogens (tertiary/aromatic N) is 2. The smallest absolute Gasteiger partial charge is 0.460 e. The van der Waals surface area contributed by atoms with Crippen LogP contribution in [0.4, 0.5) is 30.7 Å². The molecule has 112 valence electrons. The predicted molar refractivity (Wildman–Crippen MR) is 50.2 cm³/mol. The molecular formula is C10H7F7N2O. The van der Waals surface area contributed by atoms with E-state index in [-0.39, 0.29) is 0 Å². The Morgan fingerprint density at radius 2 is 1.70 bits per heavy atom. The molecule has 0 aromatic carbocycles. The average molecular weight is 304 g/mol. The third kappa shape index (κ3) is 2.83. The van der Waals surface area contributed by atoms with E-state index in [1.165, 1.54) is 19.1 Å². The zero-order valence-corrected chi connectivity index (χ0v) is 9.76. The zero-order valence-electron chi connectivity index (χ0n) is 9.76. The van der Waals surface area contributed by atoms with Crippen LogP contribution in [-0.4, -0.2) is 23.9 Å². The molecule has 1 aromatic rings. The fraction of sp³-hybridized carbons (Fsp3) is 0.400. The van der Waals surface area contributed by atoms with E-state index in [2.05, 4.69) is 5.10 Å². The number of aromatic nitrogens is 1. The van der Waals surface area contributed by atoms with Crippen molar-refractivity contribution in [2.45, 2.75) is 24.9 Å². The summed E-state index contributed by atoms with van der Waals surface area (Å²) in [4.78, 5) is 0. The topological polar surface area (TPSA) is 39.3 Å². The fourth-order valence-corrected chi connectivity index (χ4v) is 1.12. The predicted octanol–water partition coefficient (Wildman–Crippen LogP) is 1.64. The van der Waals surface area contributed by atoms with Gasteiger partial charge in [-0.1, -0.05) is 4.68 Å². The summed E-state index contributed by atoms with van der Waals surface area (Å²) in [6.07, 6.45) is -4.63. The Labute approximate surface area is 108 Å². The Bertz CT molecular complexity index is 525. The van der Waals surface area contributed by atoms with Gasteiger partial charge in [0, 0.05) is 11.6 Å². The van der Waals surface area contributed by atoms with E-state index < -0.39 is 23.9 Å². The summed E-state index contributed by atoms with van der Waals surface area (Å²) in [5.74, 6) is -15.4. The highest BCUT2D eigenvalue weighted by Crippen LogP contribution is 2.46. The van der Waals surface area contributed by atoms with Crippen molar-refractivity contribution in [3.05, 3.63) is 30.1 Å². The molecule has 0 unspecified atom stereocenters. The fourth-order valence-electron chi connectivity index (χ4n) is 1.12. The molecule has 0 spiro atoms. The number of halogens is 7. The van der Waals surface area contributed by atoms with Crippen molar-refractivity contribution in [2.24, 2.45) is 5.10 Å². The van der Waals surface area contributed by atoms with E-state index >= 15 is 0 Å². The Hall–Kier alpha value is -1.87. The van der Waals surface area contributed by atoms with Gasteiger partial charge in [0.1, 0.15) is 5.90 Å². The van der Waals surface area contributed by atoms with E-state index in [4.69, 9.17) is 0 Å². The molecule has 0 N–H and O–H groups in total. The van der Waals surface area contributed by atoms with Crippen molar-refractivity contribution in [3.8, 4) is 0 Å². The highest BCUT2D eigenvalue weighted by atomic mass is 19.4. The minimum atomic E-state index is -6.57. The first-order valence-corrected chi connectivity index (χ1v) is 4.96. The van der Waals surface area contributed by atoms with E-state index in [9.17, 15) is 35.8 Å². The van der Waals surface area contributed by atoms with Crippen LogP contribution in [0.5, 0.6) is 0 Å². The van der Waals surface area contributed by atoms with Gasteiger partial charge in [-0.2, -0.15) is 30.7 Å². The lowest BCUT2D eigenvalue weighted by Crippen LogP contribution is -2.60. The molecule has 0 radical (unpaired) electrons. The van der Waals surface area contributed by atoms with E-state index in [1.54, 1.807) is 0 Å². The number of alkyl halides is 7. The Morgan fingerprint density at radius 1 is 1.15 bits per heavy atom. The molecule has 0 bridgehead atoms. The molecule has 1 rings (SSSR count). The van der Waals surface area contributed by atoms with Gasteiger partial charge < -0.3 is 5.11 Å². The third-order valence-corrected chi connectivity index (χ3v) is 2.16. The van der Waals surface area contributed by atoms with Gasteiger partial charge in [0.15, 0.2) is 0 Å². The summed E-state index contributed by atoms with van der Waals surface area (Å²) in [6, 6.07) is 2.71. The second-order valence-electron chi connectivity index (χ2n) is 3.81. The highest BCUT2D eigenvalue weighted by molar-refractivity contribution is 5.80. The van der Waals surface area contributed by atoms with Crippen LogP contribution in [0.2, 0.25) is 0 Å². The molecule has 20 heavy (non-hydrogen) atoms. The summed E-state index contributed by atoms with van der Waals surface area (Å²) >= 11 is 0. The minimum Gasteiger partial charge on any atom is -0.853 e. The van der Waals surface area contributed by atoms with Crippen LogP contribution in [0, 0.1) is 6.92 Å². The maximum absolute atomic E-state index is 13.0. The van der Waals surface area contributed by atoms with Gasteiger partial charge in [-0.25, -0.2) is 0 Å². The van der Waals surface area contributed by atoms with Crippen LogP contribution < -0.4 is 9.78 Å². The van der Waals surface area contributed by atoms with Crippen LogP contribution in [-0.2, 0) is 0 Å². The zero-order chi connectivity index (χ0) is 15.8.